The van der Waals surface area contributed by atoms with Crippen LogP contribution in [-0.2, 0) is 17.8 Å². The first-order valence-electron chi connectivity index (χ1n) is 8.46. The van der Waals surface area contributed by atoms with Crippen LogP contribution in [0.2, 0.25) is 0 Å². The Balaban J connectivity index is 2.16. The van der Waals surface area contributed by atoms with Crippen molar-refractivity contribution in [3.63, 3.8) is 0 Å². The van der Waals surface area contributed by atoms with Crippen molar-refractivity contribution in [3.05, 3.63) is 18.2 Å². The van der Waals surface area contributed by atoms with Gasteiger partial charge in [-0.15, -0.1) is 0 Å². The minimum absolute atomic E-state index is 0.278. The van der Waals surface area contributed by atoms with Crippen molar-refractivity contribution < 1.29 is 4.79 Å². The van der Waals surface area contributed by atoms with E-state index in [0.717, 1.165) is 44.7 Å². The van der Waals surface area contributed by atoms with Crippen molar-refractivity contribution in [1.29, 1.82) is 0 Å². The van der Waals surface area contributed by atoms with Crippen LogP contribution < -0.4 is 0 Å². The van der Waals surface area contributed by atoms with Crippen LogP contribution in [0.1, 0.15) is 58.7 Å². The molecule has 0 unspecified atom stereocenters. The lowest BCUT2D eigenvalue weighted by molar-refractivity contribution is -0.130. The number of hydrogen-bond donors (Lipinski definition) is 0. The first-order valence-corrected chi connectivity index (χ1v) is 8.46. The molecule has 4 heteroatoms. The minimum Gasteiger partial charge on any atom is -0.335 e. The highest BCUT2D eigenvalue weighted by Gasteiger charge is 2.41. The average molecular weight is 291 g/mol. The van der Waals surface area contributed by atoms with Gasteiger partial charge in [0.05, 0.1) is 12.0 Å². The second-order valence-corrected chi connectivity index (χ2v) is 6.07. The molecule has 1 aliphatic rings. The molecule has 0 bridgehead atoms. The summed E-state index contributed by atoms with van der Waals surface area (Å²) in [7, 11) is 0. The zero-order valence-electron chi connectivity index (χ0n) is 13.8. The first-order chi connectivity index (χ1) is 10.2. The second-order valence-electron chi connectivity index (χ2n) is 6.07. The van der Waals surface area contributed by atoms with Crippen molar-refractivity contribution in [2.75, 3.05) is 13.1 Å². The molecule has 1 saturated heterocycles. The summed E-state index contributed by atoms with van der Waals surface area (Å²) in [6, 6.07) is 0. The van der Waals surface area contributed by atoms with Gasteiger partial charge >= 0.3 is 0 Å². The van der Waals surface area contributed by atoms with E-state index in [1.54, 1.807) is 0 Å². The lowest BCUT2D eigenvalue weighted by Crippen LogP contribution is -2.53. The van der Waals surface area contributed by atoms with Crippen LogP contribution in [0.4, 0.5) is 0 Å². The maximum atomic E-state index is 13.0. The number of carbonyl (C=O) groups is 1. The van der Waals surface area contributed by atoms with Crippen LogP contribution in [0.3, 0.4) is 0 Å². The summed E-state index contributed by atoms with van der Waals surface area (Å²) < 4.78 is 2.12. The molecule has 0 aliphatic carbocycles. The number of nitrogens with zero attached hydrogens (tertiary/aromatic N) is 3. The molecule has 0 radical (unpaired) electrons. The first kappa shape index (κ1) is 16.2. The quantitative estimate of drug-likeness (QED) is 0.739. The van der Waals surface area contributed by atoms with Gasteiger partial charge in [-0.25, -0.2) is 4.98 Å². The van der Waals surface area contributed by atoms with Gasteiger partial charge in [0, 0.05) is 18.9 Å². The Morgan fingerprint density at radius 3 is 2.48 bits per heavy atom. The number of Topliss-reactive ketones (excluding diaryl/α,β-unsaturated/α-hetero) is 1. The minimum atomic E-state index is -0.278. The maximum Gasteiger partial charge on any atom is 0.160 e. The SMILES string of the molecule is CCCn1ccnc1CC(=O)C(CC)(CC)N1CCCC1. The van der Waals surface area contributed by atoms with Gasteiger partial charge < -0.3 is 4.57 Å². The fourth-order valence-electron chi connectivity index (χ4n) is 3.67. The van der Waals surface area contributed by atoms with E-state index in [0.29, 0.717) is 12.2 Å². The van der Waals surface area contributed by atoms with Crippen LogP contribution in [-0.4, -0.2) is 38.9 Å². The van der Waals surface area contributed by atoms with Crippen LogP contribution in [0.15, 0.2) is 12.4 Å². The predicted octanol–water partition coefficient (Wildman–Crippen LogP) is 3.06. The molecule has 0 saturated carbocycles. The number of carbonyl (C=O) groups excluding carboxylic acids is 1. The Kier molecular flexibility index (Phi) is 5.57. The van der Waals surface area contributed by atoms with Gasteiger partial charge in [0.15, 0.2) is 5.78 Å². The van der Waals surface area contributed by atoms with Gasteiger partial charge in [0.25, 0.3) is 0 Å². The van der Waals surface area contributed by atoms with E-state index in [9.17, 15) is 4.79 Å². The molecule has 1 fully saturated rings. The fraction of sp³-hybridized carbons (Fsp3) is 0.765. The van der Waals surface area contributed by atoms with Gasteiger partial charge in [-0.2, -0.15) is 0 Å². The van der Waals surface area contributed by atoms with Gasteiger partial charge in [-0.1, -0.05) is 20.8 Å². The standard InChI is InChI=1S/C17H29N3O/c1-4-10-19-13-9-18-16(19)14-15(21)17(5-2,6-3)20-11-7-8-12-20/h9,13H,4-8,10-12,14H2,1-3H3. The summed E-state index contributed by atoms with van der Waals surface area (Å²) in [5.41, 5.74) is -0.278. The molecule has 0 atom stereocenters. The fourth-order valence-corrected chi connectivity index (χ4v) is 3.67. The summed E-state index contributed by atoms with van der Waals surface area (Å²) in [6.07, 6.45) is 9.57. The van der Waals surface area contributed by atoms with Gasteiger partial charge in [-0.3, -0.25) is 9.69 Å². The lowest BCUT2D eigenvalue weighted by atomic mass is 9.84. The van der Waals surface area contributed by atoms with Crippen molar-refractivity contribution >= 4 is 5.78 Å². The number of rotatable bonds is 8. The normalized spacial score (nSPS) is 16.5. The van der Waals surface area contributed by atoms with Crippen molar-refractivity contribution in [2.45, 2.75) is 71.4 Å². The molecule has 0 spiro atoms. The summed E-state index contributed by atoms with van der Waals surface area (Å²) in [4.78, 5) is 19.9. The van der Waals surface area contributed by atoms with E-state index in [2.05, 4.69) is 35.2 Å². The Bertz CT molecular complexity index is 456. The number of ketones is 1. The summed E-state index contributed by atoms with van der Waals surface area (Å²) >= 11 is 0. The Labute approximate surface area is 128 Å². The Morgan fingerprint density at radius 1 is 1.24 bits per heavy atom. The van der Waals surface area contributed by atoms with E-state index in [1.165, 1.54) is 12.8 Å². The topological polar surface area (TPSA) is 38.1 Å². The molecule has 1 aromatic rings. The number of aromatic nitrogens is 2. The highest BCUT2D eigenvalue weighted by Crippen LogP contribution is 2.30. The van der Waals surface area contributed by atoms with Crippen LogP contribution in [0.5, 0.6) is 0 Å². The molecule has 1 aromatic heterocycles. The Hall–Kier alpha value is -1.16. The average Bonchev–Trinajstić information content (AvgIpc) is 3.14. The molecule has 0 aromatic carbocycles. The van der Waals surface area contributed by atoms with Gasteiger partial charge in [0.2, 0.25) is 0 Å². The Morgan fingerprint density at radius 2 is 1.90 bits per heavy atom. The number of hydrogen-bond acceptors (Lipinski definition) is 3. The lowest BCUT2D eigenvalue weighted by Gasteiger charge is -2.39. The van der Waals surface area contributed by atoms with Gasteiger partial charge in [0.1, 0.15) is 5.82 Å². The molecule has 21 heavy (non-hydrogen) atoms. The molecule has 118 valence electrons. The summed E-state index contributed by atoms with van der Waals surface area (Å²) in [5, 5.41) is 0. The maximum absolute atomic E-state index is 13.0. The van der Waals surface area contributed by atoms with Gasteiger partial charge in [-0.05, 0) is 45.2 Å². The molecule has 1 aliphatic heterocycles. The third-order valence-corrected chi connectivity index (χ3v) is 4.99. The largest absolute Gasteiger partial charge is 0.335 e. The predicted molar refractivity (Wildman–Crippen MR) is 85.3 cm³/mol. The van der Waals surface area contributed by atoms with E-state index in [4.69, 9.17) is 0 Å². The molecule has 4 nitrogen and oxygen atoms in total. The molecule has 0 N–H and O–H groups in total. The molecule has 2 rings (SSSR count). The third kappa shape index (κ3) is 3.20. The zero-order chi connectivity index (χ0) is 15.3. The molecule has 0 amide bonds. The highest BCUT2D eigenvalue weighted by atomic mass is 16.1. The van der Waals surface area contributed by atoms with E-state index in [1.807, 2.05) is 12.4 Å². The van der Waals surface area contributed by atoms with Crippen LogP contribution >= 0.6 is 0 Å². The monoisotopic (exact) mass is 291 g/mol. The second kappa shape index (κ2) is 7.21. The third-order valence-electron chi connectivity index (χ3n) is 4.99. The number of aryl methyl sites for hydroxylation is 1. The van der Waals surface area contributed by atoms with Crippen LogP contribution in [0, 0.1) is 0 Å². The molecular weight excluding hydrogens is 262 g/mol. The van der Waals surface area contributed by atoms with E-state index < -0.39 is 0 Å². The number of likely N-dealkylation sites (tertiary alicyclic amines) is 1. The van der Waals surface area contributed by atoms with Crippen molar-refractivity contribution in [2.24, 2.45) is 0 Å². The zero-order valence-corrected chi connectivity index (χ0v) is 13.8. The van der Waals surface area contributed by atoms with E-state index in [-0.39, 0.29) is 5.54 Å². The smallest absolute Gasteiger partial charge is 0.160 e. The van der Waals surface area contributed by atoms with E-state index >= 15 is 0 Å². The van der Waals surface area contributed by atoms with Crippen LogP contribution in [0.25, 0.3) is 0 Å². The summed E-state index contributed by atoms with van der Waals surface area (Å²) in [5.74, 6) is 1.27. The highest BCUT2D eigenvalue weighted by molar-refractivity contribution is 5.89. The molecular formula is C17H29N3O. The van der Waals surface area contributed by atoms with Crippen molar-refractivity contribution in [3.8, 4) is 0 Å². The summed E-state index contributed by atoms with van der Waals surface area (Å²) in [6.45, 7) is 9.53. The number of imidazole rings is 1. The van der Waals surface area contributed by atoms with Crippen molar-refractivity contribution in [1.82, 2.24) is 14.5 Å². The molecule has 2 heterocycles.